The predicted octanol–water partition coefficient (Wildman–Crippen LogP) is 4.65. The Morgan fingerprint density at radius 1 is 1.31 bits per heavy atom. The molecule has 1 fully saturated rings. The first kappa shape index (κ1) is 21.9. The number of thiophene rings is 1. The minimum absolute atomic E-state index is 0.120. The number of alkyl halides is 3. The molecule has 10 heteroatoms. The van der Waals surface area contributed by atoms with Gasteiger partial charge >= 0.3 is 18.2 Å². The number of piperidine rings is 1. The summed E-state index contributed by atoms with van der Waals surface area (Å²) in [6.45, 7) is 7.45. The highest BCUT2D eigenvalue weighted by Gasteiger charge is 2.50. The van der Waals surface area contributed by atoms with Crippen molar-refractivity contribution in [3.05, 3.63) is 20.9 Å². The van der Waals surface area contributed by atoms with Gasteiger partial charge in [-0.15, -0.1) is 11.3 Å². The number of ether oxygens (including phenoxy) is 2. The number of aromatic carboxylic acids is 1. The zero-order chi connectivity index (χ0) is 21.8. The maximum atomic E-state index is 13.5. The molecule has 162 valence electrons. The minimum atomic E-state index is -4.75. The molecule has 1 unspecified atom stereocenters. The molecule has 2 atom stereocenters. The quantitative estimate of drug-likeness (QED) is 0.695. The maximum absolute atomic E-state index is 13.5. The van der Waals surface area contributed by atoms with E-state index in [4.69, 9.17) is 9.47 Å². The first-order chi connectivity index (χ1) is 13.3. The van der Waals surface area contributed by atoms with Crippen molar-refractivity contribution in [2.24, 2.45) is 0 Å². The fourth-order valence-electron chi connectivity index (χ4n) is 4.05. The van der Waals surface area contributed by atoms with Gasteiger partial charge in [-0.2, -0.15) is 13.2 Å². The van der Waals surface area contributed by atoms with Crippen molar-refractivity contribution in [2.45, 2.75) is 70.4 Å². The van der Waals surface area contributed by atoms with Gasteiger partial charge in [-0.1, -0.05) is 0 Å². The van der Waals surface area contributed by atoms with Crippen LogP contribution in [0.2, 0.25) is 0 Å². The number of hydrogen-bond acceptors (Lipinski definition) is 5. The number of amides is 1. The van der Waals surface area contributed by atoms with Crippen molar-refractivity contribution in [2.75, 3.05) is 13.2 Å². The fraction of sp³-hybridized carbons (Fsp3) is 0.684. The highest BCUT2D eigenvalue weighted by molar-refractivity contribution is 7.12. The molecule has 0 bridgehead atoms. The van der Waals surface area contributed by atoms with Gasteiger partial charge in [0, 0.05) is 23.9 Å². The summed E-state index contributed by atoms with van der Waals surface area (Å²) in [6.07, 6.45) is -4.56. The smallest absolute Gasteiger partial charge is 0.426 e. The molecule has 1 aromatic rings. The average Bonchev–Trinajstić information content (AvgIpc) is 2.95. The molecule has 3 heterocycles. The molecule has 0 radical (unpaired) electrons. The lowest BCUT2D eigenvalue weighted by atomic mass is 9.81. The van der Waals surface area contributed by atoms with E-state index >= 15 is 0 Å². The van der Waals surface area contributed by atoms with E-state index in [2.05, 4.69) is 0 Å². The molecule has 0 saturated carbocycles. The van der Waals surface area contributed by atoms with Gasteiger partial charge in [0.25, 0.3) is 0 Å². The molecule has 1 amide bonds. The van der Waals surface area contributed by atoms with Gasteiger partial charge in [-0.25, -0.2) is 9.59 Å². The Labute approximate surface area is 170 Å². The summed E-state index contributed by atoms with van der Waals surface area (Å²) >= 11 is 0.459. The van der Waals surface area contributed by atoms with Crippen LogP contribution in [0.3, 0.4) is 0 Å². The van der Waals surface area contributed by atoms with Crippen LogP contribution in [0.1, 0.15) is 66.2 Å². The Balaban J connectivity index is 1.95. The summed E-state index contributed by atoms with van der Waals surface area (Å²) in [5, 5.41) is 9.43. The summed E-state index contributed by atoms with van der Waals surface area (Å²) in [5.74, 6) is -1.58. The summed E-state index contributed by atoms with van der Waals surface area (Å²) in [7, 11) is 0. The van der Waals surface area contributed by atoms with Crippen LogP contribution >= 0.6 is 11.3 Å². The lowest BCUT2D eigenvalue weighted by molar-refractivity contribution is -0.134. The normalized spacial score (nSPS) is 25.1. The van der Waals surface area contributed by atoms with Crippen LogP contribution in [0.4, 0.5) is 18.0 Å². The lowest BCUT2D eigenvalue weighted by Crippen LogP contribution is -2.53. The largest absolute Gasteiger partial charge is 0.478 e. The summed E-state index contributed by atoms with van der Waals surface area (Å²) in [6, 6.07) is -0.339. The molecule has 2 aliphatic rings. The van der Waals surface area contributed by atoms with Crippen molar-refractivity contribution < 1.29 is 37.3 Å². The number of carbonyl (C=O) groups excluding carboxylic acids is 1. The van der Waals surface area contributed by atoms with Crippen LogP contribution in [-0.4, -0.2) is 46.9 Å². The summed E-state index contributed by atoms with van der Waals surface area (Å²) in [4.78, 5) is 24.8. The van der Waals surface area contributed by atoms with Gasteiger partial charge in [0.1, 0.15) is 16.1 Å². The maximum Gasteiger partial charge on any atom is 0.426 e. The average molecular weight is 435 g/mol. The second-order valence-electron chi connectivity index (χ2n) is 8.49. The third-order valence-corrected chi connectivity index (χ3v) is 6.63. The van der Waals surface area contributed by atoms with Gasteiger partial charge in [0.2, 0.25) is 0 Å². The van der Waals surface area contributed by atoms with Gasteiger partial charge in [-0.05, 0) is 46.1 Å². The zero-order valence-electron chi connectivity index (χ0n) is 16.7. The van der Waals surface area contributed by atoms with Crippen LogP contribution in [0.25, 0.3) is 0 Å². The number of likely N-dealkylation sites (tertiary alicyclic amines) is 1. The van der Waals surface area contributed by atoms with E-state index in [1.807, 2.05) is 0 Å². The van der Waals surface area contributed by atoms with E-state index in [0.717, 1.165) is 0 Å². The third kappa shape index (κ3) is 4.09. The highest BCUT2D eigenvalue weighted by Crippen LogP contribution is 2.51. The van der Waals surface area contributed by atoms with E-state index in [-0.39, 0.29) is 44.0 Å². The van der Waals surface area contributed by atoms with Crippen LogP contribution in [0.5, 0.6) is 0 Å². The van der Waals surface area contributed by atoms with Crippen LogP contribution < -0.4 is 0 Å². The first-order valence-electron chi connectivity index (χ1n) is 9.35. The molecule has 6 nitrogen and oxygen atoms in total. The molecular weight excluding hydrogens is 411 g/mol. The predicted molar refractivity (Wildman–Crippen MR) is 99.3 cm³/mol. The minimum Gasteiger partial charge on any atom is -0.478 e. The summed E-state index contributed by atoms with van der Waals surface area (Å²) < 4.78 is 51.8. The van der Waals surface area contributed by atoms with Gasteiger partial charge in [-0.3, -0.25) is 0 Å². The van der Waals surface area contributed by atoms with Crippen molar-refractivity contribution in [3.8, 4) is 0 Å². The Bertz CT molecular complexity index is 829. The Kier molecular flexibility index (Phi) is 5.40. The monoisotopic (exact) mass is 435 g/mol. The van der Waals surface area contributed by atoms with E-state index in [1.54, 1.807) is 32.6 Å². The van der Waals surface area contributed by atoms with E-state index in [0.29, 0.717) is 16.2 Å². The van der Waals surface area contributed by atoms with Crippen LogP contribution in [-0.2, 0) is 27.7 Å². The molecule has 29 heavy (non-hydrogen) atoms. The molecule has 1 aromatic heterocycles. The number of halogens is 3. The van der Waals surface area contributed by atoms with Gasteiger partial charge in [0.05, 0.1) is 12.2 Å². The van der Waals surface area contributed by atoms with Gasteiger partial charge < -0.3 is 19.5 Å². The topological polar surface area (TPSA) is 76.1 Å². The van der Waals surface area contributed by atoms with E-state index in [9.17, 15) is 27.9 Å². The third-order valence-electron chi connectivity index (χ3n) is 5.16. The Morgan fingerprint density at radius 2 is 1.97 bits per heavy atom. The van der Waals surface area contributed by atoms with Crippen molar-refractivity contribution >= 4 is 23.4 Å². The van der Waals surface area contributed by atoms with Crippen molar-refractivity contribution in [1.82, 2.24) is 4.90 Å². The number of carboxylic acid groups (broad SMARTS) is 1. The number of carboxylic acids is 1. The van der Waals surface area contributed by atoms with Crippen LogP contribution in [0, 0.1) is 0 Å². The lowest BCUT2D eigenvalue weighted by Gasteiger charge is -2.47. The summed E-state index contributed by atoms with van der Waals surface area (Å²) in [5.41, 5.74) is -2.14. The Hall–Kier alpha value is -1.81. The molecule has 1 saturated heterocycles. The van der Waals surface area contributed by atoms with Crippen LogP contribution in [0.15, 0.2) is 0 Å². The molecule has 1 N–H and O–H groups in total. The zero-order valence-corrected chi connectivity index (χ0v) is 17.5. The number of nitrogens with zero attached hydrogens (tertiary/aromatic N) is 1. The second kappa shape index (κ2) is 7.16. The number of fused-ring (bicyclic) bond motifs is 2. The number of carbonyl (C=O) groups is 2. The molecular formula is C19H24F3NO5S. The van der Waals surface area contributed by atoms with E-state index < -0.39 is 39.9 Å². The second-order valence-corrected chi connectivity index (χ2v) is 9.51. The fourth-order valence-corrected chi connectivity index (χ4v) is 5.44. The van der Waals surface area contributed by atoms with Gasteiger partial charge in [0.15, 0.2) is 0 Å². The van der Waals surface area contributed by atoms with Crippen molar-refractivity contribution in [3.63, 3.8) is 0 Å². The highest BCUT2D eigenvalue weighted by atomic mass is 32.1. The van der Waals surface area contributed by atoms with Crippen molar-refractivity contribution in [1.29, 1.82) is 0 Å². The molecule has 3 rings (SSSR count). The molecule has 1 spiro atoms. The molecule has 2 aliphatic heterocycles. The number of hydrogen-bond donors (Lipinski definition) is 1. The molecule has 0 aromatic carbocycles. The SMILES string of the molecule is C[C@H]1CC2(CCN1C(=O)OC(C)(C)C)OCCc1c2sc(C(F)(F)F)c1C(=O)O. The van der Waals surface area contributed by atoms with E-state index in [1.165, 1.54) is 0 Å². The first-order valence-corrected chi connectivity index (χ1v) is 10.2. The standard InChI is InChI=1S/C19H24F3NO5S/c1-10-9-18(6-7-23(10)16(26)28-17(2,3)4)13-11(5-8-27-18)12(15(24)25)14(29-13)19(20,21)22/h10H,5-9H2,1-4H3,(H,24,25)/t10-,18?/m0/s1. The molecule has 0 aliphatic carbocycles. The number of rotatable bonds is 1. The Morgan fingerprint density at radius 3 is 2.48 bits per heavy atom.